The van der Waals surface area contributed by atoms with Crippen LogP contribution in [-0.4, -0.2) is 47.9 Å². The largest absolute Gasteiger partial charge is 0.367 e. The second-order valence-electron chi connectivity index (χ2n) is 10.3. The first-order valence-electron chi connectivity index (χ1n) is 12.9. The van der Waals surface area contributed by atoms with Crippen molar-refractivity contribution in [3.05, 3.63) is 35.4 Å². The van der Waals surface area contributed by atoms with Crippen molar-refractivity contribution in [3.63, 3.8) is 0 Å². The number of piperidine rings is 1. The van der Waals surface area contributed by atoms with Crippen LogP contribution in [-0.2, 0) is 6.42 Å². The zero-order valence-corrected chi connectivity index (χ0v) is 20.1. The molecule has 0 radical (unpaired) electrons. The highest BCUT2D eigenvalue weighted by molar-refractivity contribution is 5.92. The van der Waals surface area contributed by atoms with Gasteiger partial charge in [0.2, 0.25) is 0 Å². The van der Waals surface area contributed by atoms with Gasteiger partial charge in [-0.2, -0.15) is 0 Å². The summed E-state index contributed by atoms with van der Waals surface area (Å²) >= 11 is 0. The van der Waals surface area contributed by atoms with Crippen molar-refractivity contribution in [3.8, 4) is 11.4 Å². The number of hydrogen-bond donors (Lipinski definition) is 3. The van der Waals surface area contributed by atoms with Gasteiger partial charge in [0.1, 0.15) is 11.6 Å². The summed E-state index contributed by atoms with van der Waals surface area (Å²) in [6, 6.07) is 10.3. The Morgan fingerprint density at radius 3 is 2.61 bits per heavy atom. The highest BCUT2D eigenvalue weighted by Gasteiger charge is 2.39. The molecule has 6 heteroatoms. The van der Waals surface area contributed by atoms with Crippen molar-refractivity contribution in [1.29, 1.82) is 5.41 Å². The smallest absolute Gasteiger partial charge is 0.163 e. The maximum absolute atomic E-state index is 8.22. The Morgan fingerprint density at radius 1 is 1.12 bits per heavy atom. The van der Waals surface area contributed by atoms with Crippen molar-refractivity contribution in [2.45, 2.75) is 82.8 Å². The molecule has 1 aliphatic carbocycles. The van der Waals surface area contributed by atoms with Crippen LogP contribution < -0.4 is 15.5 Å². The zero-order valence-electron chi connectivity index (χ0n) is 20.1. The van der Waals surface area contributed by atoms with Gasteiger partial charge in [0.05, 0.1) is 5.56 Å². The van der Waals surface area contributed by atoms with E-state index in [-0.39, 0.29) is 0 Å². The van der Waals surface area contributed by atoms with E-state index in [9.17, 15) is 0 Å². The topological polar surface area (TPSA) is 76.9 Å². The number of benzene rings is 1. The molecule has 3 aliphatic rings. The first-order valence-corrected chi connectivity index (χ1v) is 12.9. The number of nitrogens with one attached hydrogen (secondary N) is 3. The number of nitrogens with zero attached hydrogens (tertiary/aromatic N) is 3. The number of hydrogen-bond acceptors (Lipinski definition) is 6. The van der Waals surface area contributed by atoms with E-state index in [2.05, 4.69) is 46.7 Å². The number of aryl methyl sites for hydroxylation is 1. The van der Waals surface area contributed by atoms with Crippen LogP contribution in [0.25, 0.3) is 11.4 Å². The van der Waals surface area contributed by atoms with Crippen molar-refractivity contribution in [2.75, 3.05) is 23.8 Å². The molecule has 2 aliphatic heterocycles. The third kappa shape index (κ3) is 4.91. The zero-order chi connectivity index (χ0) is 22.8. The van der Waals surface area contributed by atoms with Crippen molar-refractivity contribution < 1.29 is 0 Å². The van der Waals surface area contributed by atoms with Gasteiger partial charge in [0.15, 0.2) is 5.82 Å². The van der Waals surface area contributed by atoms with E-state index in [1.165, 1.54) is 56.7 Å². The second-order valence-corrected chi connectivity index (χ2v) is 10.3. The van der Waals surface area contributed by atoms with Crippen LogP contribution in [0.15, 0.2) is 24.3 Å². The van der Waals surface area contributed by atoms with Crippen LogP contribution in [0, 0.1) is 11.3 Å². The van der Waals surface area contributed by atoms with E-state index in [4.69, 9.17) is 15.4 Å². The lowest BCUT2D eigenvalue weighted by atomic mass is 9.99. The summed E-state index contributed by atoms with van der Waals surface area (Å²) < 4.78 is 0. The van der Waals surface area contributed by atoms with Crippen LogP contribution in [0.5, 0.6) is 0 Å². The molecule has 3 heterocycles. The number of aromatic nitrogens is 2. The Bertz CT molecular complexity index is 969. The summed E-state index contributed by atoms with van der Waals surface area (Å²) in [7, 11) is 2.02. The van der Waals surface area contributed by atoms with Gasteiger partial charge in [-0.1, -0.05) is 25.1 Å². The summed E-state index contributed by atoms with van der Waals surface area (Å²) in [5.41, 5.74) is 3.28. The van der Waals surface area contributed by atoms with Gasteiger partial charge < -0.3 is 20.9 Å². The lowest BCUT2D eigenvalue weighted by Gasteiger charge is -2.37. The molecule has 2 aromatic rings. The van der Waals surface area contributed by atoms with Crippen LogP contribution in [0.1, 0.15) is 69.4 Å². The molecular weight excluding hydrogens is 408 g/mol. The molecule has 0 spiro atoms. The second kappa shape index (κ2) is 9.80. The molecule has 1 saturated carbocycles. The molecule has 6 nitrogen and oxygen atoms in total. The third-order valence-corrected chi connectivity index (χ3v) is 7.59. The predicted molar refractivity (Wildman–Crippen MR) is 137 cm³/mol. The van der Waals surface area contributed by atoms with Gasteiger partial charge in [-0.15, -0.1) is 0 Å². The number of fused-ring (bicyclic) bond motifs is 2. The van der Waals surface area contributed by atoms with E-state index in [0.29, 0.717) is 24.0 Å². The average Bonchev–Trinajstić information content (AvgIpc) is 3.61. The van der Waals surface area contributed by atoms with Gasteiger partial charge in [-0.25, -0.2) is 9.97 Å². The molecule has 1 aromatic carbocycles. The molecule has 1 aromatic heterocycles. The minimum absolute atomic E-state index is 0.484. The molecule has 0 amide bonds. The van der Waals surface area contributed by atoms with E-state index in [1.807, 2.05) is 7.05 Å². The highest BCUT2D eigenvalue weighted by Crippen LogP contribution is 2.41. The molecule has 3 N–H and O–H groups in total. The Balaban J connectivity index is 1.50. The Labute approximate surface area is 198 Å². The Hall–Kier alpha value is -2.47. The molecule has 3 atom stereocenters. The van der Waals surface area contributed by atoms with E-state index >= 15 is 0 Å². The fourth-order valence-corrected chi connectivity index (χ4v) is 5.64. The quantitative estimate of drug-likeness (QED) is 0.447. The summed E-state index contributed by atoms with van der Waals surface area (Å²) in [6.07, 6.45) is 12.3. The van der Waals surface area contributed by atoms with Gasteiger partial charge in [0, 0.05) is 29.9 Å². The first-order chi connectivity index (χ1) is 16.2. The van der Waals surface area contributed by atoms with Crippen molar-refractivity contribution in [1.82, 2.24) is 15.3 Å². The van der Waals surface area contributed by atoms with Crippen LogP contribution in [0.3, 0.4) is 0 Å². The Kier molecular flexibility index (Phi) is 6.63. The molecule has 3 unspecified atom stereocenters. The fraction of sp³-hybridized carbons (Fsp3) is 0.593. The summed E-state index contributed by atoms with van der Waals surface area (Å²) in [5, 5.41) is 15.1. The maximum atomic E-state index is 8.22. The minimum Gasteiger partial charge on any atom is -0.367 e. The fourth-order valence-electron chi connectivity index (χ4n) is 5.64. The van der Waals surface area contributed by atoms with Crippen LogP contribution in [0.4, 0.5) is 11.6 Å². The normalized spacial score (nSPS) is 22.9. The summed E-state index contributed by atoms with van der Waals surface area (Å²) in [5.74, 6) is 3.25. The number of rotatable bonds is 10. The highest BCUT2D eigenvalue weighted by atomic mass is 15.3. The van der Waals surface area contributed by atoms with Gasteiger partial charge >= 0.3 is 0 Å². The van der Waals surface area contributed by atoms with Gasteiger partial charge in [-0.3, -0.25) is 0 Å². The molecule has 5 rings (SSSR count). The van der Waals surface area contributed by atoms with Crippen LogP contribution in [0.2, 0.25) is 0 Å². The van der Waals surface area contributed by atoms with Crippen molar-refractivity contribution >= 4 is 17.9 Å². The van der Waals surface area contributed by atoms with Crippen LogP contribution >= 0.6 is 0 Å². The molecule has 3 fully saturated rings. The van der Waals surface area contributed by atoms with Crippen molar-refractivity contribution in [2.24, 2.45) is 5.92 Å². The molecule has 176 valence electrons. The molecule has 33 heavy (non-hydrogen) atoms. The third-order valence-electron chi connectivity index (χ3n) is 7.59. The maximum Gasteiger partial charge on any atom is 0.163 e. The van der Waals surface area contributed by atoms with Gasteiger partial charge in [-0.05, 0) is 88.9 Å². The lowest BCUT2D eigenvalue weighted by molar-refractivity contribution is 0.464. The average molecular weight is 447 g/mol. The van der Waals surface area contributed by atoms with E-state index in [0.717, 1.165) is 48.0 Å². The van der Waals surface area contributed by atoms with Gasteiger partial charge in [0.25, 0.3) is 0 Å². The summed E-state index contributed by atoms with van der Waals surface area (Å²) in [4.78, 5) is 12.7. The van der Waals surface area contributed by atoms with E-state index < -0.39 is 0 Å². The monoisotopic (exact) mass is 446 g/mol. The lowest BCUT2D eigenvalue weighted by Crippen LogP contribution is -2.41. The standard InChI is InChI=1S/C27H38N6/c1-18(17-29-2)9-10-19-5-3-6-20(15-19)25-31-26(30-21-11-12-21)24(16-28)27(32-25)33-22-7-4-8-23(33)14-13-22/h3,5-6,15-16,18,21-23,28-29H,4,7-14,17H2,1-2H3,(H,30,31,32). The molecular formula is C27H38N6. The molecule has 2 bridgehead atoms. The van der Waals surface area contributed by atoms with E-state index in [1.54, 1.807) is 0 Å². The SMILES string of the molecule is CNCC(C)CCc1cccc(-c2nc(NC3CC3)c(C=N)c(N3C4CCCC3CC4)n2)c1. The Morgan fingerprint density at radius 2 is 1.91 bits per heavy atom. The first kappa shape index (κ1) is 22.3. The minimum atomic E-state index is 0.484. The summed E-state index contributed by atoms with van der Waals surface area (Å²) in [6.45, 7) is 3.35. The predicted octanol–water partition coefficient (Wildman–Crippen LogP) is 5.02. The number of anilines is 2. The molecule has 2 saturated heterocycles.